The largest absolute Gasteiger partial charge is 0.416 e. The molecule has 1 saturated carbocycles. The number of nitrogens with zero attached hydrogens (tertiary/aromatic N) is 1. The van der Waals surface area contributed by atoms with Gasteiger partial charge in [0, 0.05) is 23.7 Å². The van der Waals surface area contributed by atoms with Crippen LogP contribution in [0.15, 0.2) is 66.7 Å². The highest BCUT2D eigenvalue weighted by Gasteiger charge is 2.32. The van der Waals surface area contributed by atoms with Crippen LogP contribution < -0.4 is 0 Å². The molecule has 1 amide bonds. The first-order valence-electron chi connectivity index (χ1n) is 12.3. The number of halogens is 4. The summed E-state index contributed by atoms with van der Waals surface area (Å²) in [6, 6.07) is 19.5. The van der Waals surface area contributed by atoms with Gasteiger partial charge < -0.3 is 4.90 Å². The van der Waals surface area contributed by atoms with Crippen LogP contribution in [0.3, 0.4) is 0 Å². The molecule has 0 N–H and O–H groups in total. The lowest BCUT2D eigenvalue weighted by Crippen LogP contribution is -2.32. The van der Waals surface area contributed by atoms with Gasteiger partial charge in [-0.3, -0.25) is 4.79 Å². The van der Waals surface area contributed by atoms with E-state index in [1.54, 1.807) is 4.90 Å². The first-order valence-corrected chi connectivity index (χ1v) is 12.6. The Labute approximate surface area is 216 Å². The van der Waals surface area contributed by atoms with Crippen LogP contribution in [-0.2, 0) is 24.6 Å². The Kier molecular flexibility index (Phi) is 7.51. The quantitative estimate of drug-likeness (QED) is 0.310. The van der Waals surface area contributed by atoms with E-state index in [0.29, 0.717) is 25.4 Å². The zero-order valence-corrected chi connectivity index (χ0v) is 21.6. The Morgan fingerprint density at radius 3 is 2.22 bits per heavy atom. The molecule has 0 bridgehead atoms. The Morgan fingerprint density at radius 2 is 1.61 bits per heavy atom. The predicted molar refractivity (Wildman–Crippen MR) is 138 cm³/mol. The van der Waals surface area contributed by atoms with Crippen LogP contribution in [0.2, 0.25) is 5.02 Å². The summed E-state index contributed by atoms with van der Waals surface area (Å²) in [7, 11) is 0. The van der Waals surface area contributed by atoms with Crippen molar-refractivity contribution in [1.29, 1.82) is 0 Å². The first-order chi connectivity index (χ1) is 16.9. The average molecular weight is 514 g/mol. The van der Waals surface area contributed by atoms with E-state index in [0.717, 1.165) is 23.3 Å². The van der Waals surface area contributed by atoms with Gasteiger partial charge in [0.1, 0.15) is 0 Å². The summed E-state index contributed by atoms with van der Waals surface area (Å²) in [4.78, 5) is 15.1. The molecule has 0 aliphatic heterocycles. The molecule has 0 aromatic heterocycles. The number of hydrogen-bond acceptors (Lipinski definition) is 1. The van der Waals surface area contributed by atoms with E-state index < -0.39 is 17.6 Å². The highest BCUT2D eigenvalue weighted by Crippen LogP contribution is 2.40. The van der Waals surface area contributed by atoms with E-state index in [-0.39, 0.29) is 16.0 Å². The zero-order valence-electron chi connectivity index (χ0n) is 20.8. The fraction of sp³-hybridized carbons (Fsp3) is 0.367. The average Bonchev–Trinajstić information content (AvgIpc) is 3.66. The number of hydrogen-bond donors (Lipinski definition) is 0. The lowest BCUT2D eigenvalue weighted by Gasteiger charge is -2.25. The lowest BCUT2D eigenvalue weighted by molar-refractivity contribution is -0.137. The molecule has 0 saturated heterocycles. The van der Waals surface area contributed by atoms with Gasteiger partial charge >= 0.3 is 6.18 Å². The second kappa shape index (κ2) is 10.3. The fourth-order valence-electron chi connectivity index (χ4n) is 4.33. The molecule has 0 spiro atoms. The second-order valence-corrected chi connectivity index (χ2v) is 11.1. The summed E-state index contributed by atoms with van der Waals surface area (Å²) < 4.78 is 40.2. The van der Waals surface area contributed by atoms with E-state index >= 15 is 0 Å². The maximum absolute atomic E-state index is 13.5. The molecule has 3 aromatic rings. The molecule has 3 aromatic carbocycles. The summed E-state index contributed by atoms with van der Waals surface area (Å²) in [5, 5.41) is -0.111. The summed E-state index contributed by atoms with van der Waals surface area (Å²) in [6.45, 7) is 7.06. The lowest BCUT2D eigenvalue weighted by atomic mass is 9.87. The Morgan fingerprint density at radius 1 is 0.917 bits per heavy atom. The SMILES string of the molecule is CC(C)(C)c1ccc(CN(CCc2cccc(C3CC3)c2)C(=O)c2cc(Cl)cc(C(F)(F)F)c2)cc1. The molecule has 1 fully saturated rings. The highest BCUT2D eigenvalue weighted by molar-refractivity contribution is 6.31. The number of carbonyl (C=O) groups excluding carboxylic acids is 1. The van der Waals surface area contributed by atoms with Crippen LogP contribution in [0.4, 0.5) is 13.2 Å². The number of amides is 1. The van der Waals surface area contributed by atoms with Crippen molar-refractivity contribution in [2.75, 3.05) is 6.54 Å². The highest BCUT2D eigenvalue weighted by atomic mass is 35.5. The van der Waals surface area contributed by atoms with Crippen molar-refractivity contribution in [3.8, 4) is 0 Å². The molecular formula is C30H31ClF3NO. The standard InChI is InChI=1S/C30H31ClF3NO/c1-29(2,3)25-11-7-21(8-12-25)19-35(14-13-20-5-4-6-23(15-20)22-9-10-22)28(36)24-16-26(30(32,33)34)18-27(31)17-24/h4-8,11-12,15-18,22H,9-10,13-14,19H2,1-3H3. The molecule has 190 valence electrons. The van der Waals surface area contributed by atoms with Gasteiger partial charge in [0.2, 0.25) is 0 Å². The Hall–Kier alpha value is -2.79. The third-order valence-corrected chi connectivity index (χ3v) is 6.84. The van der Waals surface area contributed by atoms with Crippen molar-refractivity contribution < 1.29 is 18.0 Å². The van der Waals surface area contributed by atoms with Gasteiger partial charge in [-0.15, -0.1) is 0 Å². The minimum absolute atomic E-state index is 0.00457. The number of rotatable bonds is 7. The van der Waals surface area contributed by atoms with E-state index in [1.165, 1.54) is 30.0 Å². The Balaban J connectivity index is 1.60. The van der Waals surface area contributed by atoms with Crippen LogP contribution in [0.25, 0.3) is 0 Å². The topological polar surface area (TPSA) is 20.3 Å². The molecule has 0 unspecified atom stereocenters. The minimum atomic E-state index is -4.59. The minimum Gasteiger partial charge on any atom is -0.334 e. The van der Waals surface area contributed by atoms with E-state index in [2.05, 4.69) is 32.9 Å². The predicted octanol–water partition coefficient (Wildman–Crippen LogP) is 8.42. The van der Waals surface area contributed by atoms with Crippen molar-refractivity contribution in [1.82, 2.24) is 4.90 Å². The maximum atomic E-state index is 13.5. The molecule has 1 aliphatic carbocycles. The van der Waals surface area contributed by atoms with Crippen molar-refractivity contribution in [2.24, 2.45) is 0 Å². The van der Waals surface area contributed by atoms with Gasteiger partial charge in [0.15, 0.2) is 0 Å². The molecule has 6 heteroatoms. The van der Waals surface area contributed by atoms with Crippen molar-refractivity contribution in [3.63, 3.8) is 0 Å². The van der Waals surface area contributed by atoms with E-state index in [1.807, 2.05) is 36.4 Å². The molecule has 0 radical (unpaired) electrons. The smallest absolute Gasteiger partial charge is 0.334 e. The summed E-state index contributed by atoms with van der Waals surface area (Å²) >= 11 is 5.98. The van der Waals surface area contributed by atoms with Crippen LogP contribution >= 0.6 is 11.6 Å². The van der Waals surface area contributed by atoms with E-state index in [4.69, 9.17) is 11.6 Å². The molecule has 0 atom stereocenters. The van der Waals surface area contributed by atoms with Crippen molar-refractivity contribution >= 4 is 17.5 Å². The van der Waals surface area contributed by atoms with Crippen LogP contribution in [-0.4, -0.2) is 17.4 Å². The summed E-state index contributed by atoms with van der Waals surface area (Å²) in [6.07, 6.45) is -1.57. The van der Waals surface area contributed by atoms with Gasteiger partial charge in [-0.1, -0.05) is 80.9 Å². The van der Waals surface area contributed by atoms with Gasteiger partial charge in [0.05, 0.1) is 5.56 Å². The summed E-state index contributed by atoms with van der Waals surface area (Å²) in [5.41, 5.74) is 3.52. The van der Waals surface area contributed by atoms with Gasteiger partial charge in [0.25, 0.3) is 5.91 Å². The second-order valence-electron chi connectivity index (χ2n) is 10.7. The van der Waals surface area contributed by atoms with Gasteiger partial charge in [-0.05, 0) is 71.0 Å². The number of alkyl halides is 3. The molecule has 0 heterocycles. The van der Waals surface area contributed by atoms with E-state index in [9.17, 15) is 18.0 Å². The molecular weight excluding hydrogens is 483 g/mol. The third-order valence-electron chi connectivity index (χ3n) is 6.62. The maximum Gasteiger partial charge on any atom is 0.416 e. The number of carbonyl (C=O) groups is 1. The van der Waals surface area contributed by atoms with Crippen molar-refractivity contribution in [3.05, 3.63) is 105 Å². The van der Waals surface area contributed by atoms with Crippen LogP contribution in [0.1, 0.15) is 77.7 Å². The molecule has 2 nitrogen and oxygen atoms in total. The Bertz CT molecular complexity index is 1220. The molecule has 1 aliphatic rings. The molecule has 4 rings (SSSR count). The third kappa shape index (κ3) is 6.70. The molecule has 36 heavy (non-hydrogen) atoms. The fourth-order valence-corrected chi connectivity index (χ4v) is 4.56. The summed E-state index contributed by atoms with van der Waals surface area (Å²) in [5.74, 6) is 0.150. The van der Waals surface area contributed by atoms with Gasteiger partial charge in [-0.2, -0.15) is 13.2 Å². The number of benzene rings is 3. The van der Waals surface area contributed by atoms with Gasteiger partial charge in [-0.25, -0.2) is 0 Å². The first kappa shape index (κ1) is 26.3. The van der Waals surface area contributed by atoms with Crippen LogP contribution in [0.5, 0.6) is 0 Å². The van der Waals surface area contributed by atoms with Crippen LogP contribution in [0, 0.1) is 0 Å². The monoisotopic (exact) mass is 513 g/mol. The zero-order chi connectivity index (χ0) is 26.1. The van der Waals surface area contributed by atoms with Crippen molar-refractivity contribution in [2.45, 2.75) is 64.1 Å². The normalized spacial score (nSPS) is 14.1.